The molecule has 0 rings (SSSR count). The number of hydrogen-bond donors (Lipinski definition) is 1. The maximum Gasteiger partial charge on any atom is 0.424 e. The zero-order valence-electron chi connectivity index (χ0n) is 4.13. The van der Waals surface area contributed by atoms with E-state index in [1.807, 2.05) is 0 Å². The molecular formula is C5H5O3+. The van der Waals surface area contributed by atoms with E-state index in [0.717, 1.165) is 6.08 Å². The molecule has 3 nitrogen and oxygen atoms in total. The van der Waals surface area contributed by atoms with Gasteiger partial charge in [-0.05, 0) is 0 Å². The van der Waals surface area contributed by atoms with Gasteiger partial charge < -0.3 is 5.11 Å². The van der Waals surface area contributed by atoms with Gasteiger partial charge in [0.2, 0.25) is 12.2 Å². The first-order chi connectivity index (χ1) is 3.72. The molecule has 0 aromatic rings. The topological polar surface area (TPSA) is 54.4 Å². The van der Waals surface area contributed by atoms with E-state index < -0.39 is 5.97 Å². The Morgan fingerprint density at radius 1 is 1.75 bits per heavy atom. The van der Waals surface area contributed by atoms with Crippen LogP contribution < -0.4 is 0 Å². The molecule has 0 aliphatic rings. The zero-order valence-corrected chi connectivity index (χ0v) is 4.13. The standard InChI is InChI=1S/C5H4O3/c1-2-4(3-6)5(7)8/h2-3H,1H2/p+1. The number of aldehydes is 1. The smallest absolute Gasteiger partial charge is 0.424 e. The number of rotatable bonds is 3. The van der Waals surface area contributed by atoms with E-state index in [9.17, 15) is 9.59 Å². The van der Waals surface area contributed by atoms with E-state index in [1.54, 1.807) is 0 Å². The lowest BCUT2D eigenvalue weighted by atomic mass is 10.2. The molecule has 0 radical (unpaired) electrons. The lowest BCUT2D eigenvalue weighted by molar-refractivity contribution is -0.135. The van der Waals surface area contributed by atoms with Gasteiger partial charge in [0.25, 0.3) is 0 Å². The fourth-order valence-corrected chi connectivity index (χ4v) is 0.186. The van der Waals surface area contributed by atoms with Crippen LogP contribution in [-0.4, -0.2) is 17.4 Å². The first-order valence-electron chi connectivity index (χ1n) is 1.90. The summed E-state index contributed by atoms with van der Waals surface area (Å²) in [5.74, 6) is -1.56. The third kappa shape index (κ3) is 1.47. The van der Waals surface area contributed by atoms with E-state index in [0.29, 0.717) is 0 Å². The van der Waals surface area contributed by atoms with Gasteiger partial charge in [-0.2, -0.15) is 0 Å². The molecule has 8 heavy (non-hydrogen) atoms. The molecular weight excluding hydrogens is 108 g/mol. The maximum atomic E-state index is 9.82. The molecule has 0 atom stereocenters. The lowest BCUT2D eigenvalue weighted by Gasteiger charge is -1.81. The summed E-state index contributed by atoms with van der Waals surface area (Å²) in [5, 5.41) is 8.03. The van der Waals surface area contributed by atoms with E-state index in [2.05, 4.69) is 6.58 Å². The molecule has 42 valence electrons. The number of carboxylic acids is 1. The van der Waals surface area contributed by atoms with Gasteiger partial charge in [-0.1, -0.05) is 0 Å². The molecule has 0 aromatic carbocycles. The van der Waals surface area contributed by atoms with Gasteiger partial charge in [0, 0.05) is 6.58 Å². The number of aliphatic carboxylic acids is 1. The minimum Gasteiger partial charge on any atom is -0.462 e. The maximum absolute atomic E-state index is 9.82. The van der Waals surface area contributed by atoms with Crippen molar-refractivity contribution in [2.24, 2.45) is 0 Å². The minimum absolute atomic E-state index is 0.245. The molecule has 0 bridgehead atoms. The fourth-order valence-electron chi connectivity index (χ4n) is 0.186. The highest BCUT2D eigenvalue weighted by Crippen LogP contribution is 1.93. The molecule has 0 aliphatic carbocycles. The number of carbonyl (C=O) groups is 2. The summed E-state index contributed by atoms with van der Waals surface area (Å²) in [6, 6.07) is 0. The number of hydrogen-bond acceptors (Lipinski definition) is 2. The van der Waals surface area contributed by atoms with Gasteiger partial charge in [-0.25, -0.2) is 4.79 Å². The van der Waals surface area contributed by atoms with Crippen molar-refractivity contribution in [3.05, 3.63) is 18.6 Å². The van der Waals surface area contributed by atoms with Crippen LogP contribution in [0.3, 0.4) is 0 Å². The van der Waals surface area contributed by atoms with Crippen LogP contribution >= 0.6 is 0 Å². The van der Waals surface area contributed by atoms with Gasteiger partial charge in [0.1, 0.15) is 6.08 Å². The first kappa shape index (κ1) is 6.75. The van der Waals surface area contributed by atoms with Gasteiger partial charge in [-0.15, -0.1) is 0 Å². The van der Waals surface area contributed by atoms with Gasteiger partial charge in [0.05, 0.1) is 0 Å². The van der Waals surface area contributed by atoms with E-state index in [4.69, 9.17) is 5.11 Å². The lowest BCUT2D eigenvalue weighted by Crippen LogP contribution is -2.08. The summed E-state index contributed by atoms with van der Waals surface area (Å²) in [6.45, 7) is 3.10. The molecule has 0 heterocycles. The van der Waals surface area contributed by atoms with E-state index in [-0.39, 0.29) is 12.2 Å². The van der Waals surface area contributed by atoms with Crippen molar-refractivity contribution in [2.75, 3.05) is 0 Å². The Hall–Kier alpha value is -1.25. The third-order valence-electron chi connectivity index (χ3n) is 0.594. The molecule has 3 heteroatoms. The molecule has 0 aliphatic heterocycles. The highest BCUT2D eigenvalue weighted by molar-refractivity contribution is 6.04. The zero-order chi connectivity index (χ0) is 6.57. The summed E-state index contributed by atoms with van der Waals surface area (Å²) in [6.07, 6.45) is 1.24. The van der Waals surface area contributed by atoms with Crippen LogP contribution in [0.15, 0.2) is 12.7 Å². The van der Waals surface area contributed by atoms with Crippen molar-refractivity contribution in [3.8, 4) is 0 Å². The van der Waals surface area contributed by atoms with Crippen LogP contribution in [-0.2, 0) is 9.59 Å². The van der Waals surface area contributed by atoms with Gasteiger partial charge in [0.15, 0.2) is 0 Å². The Bertz CT molecular complexity index is 109. The molecule has 0 fully saturated rings. The van der Waals surface area contributed by atoms with E-state index in [1.165, 1.54) is 0 Å². The van der Waals surface area contributed by atoms with Crippen molar-refractivity contribution in [3.63, 3.8) is 0 Å². The second-order valence-electron chi connectivity index (χ2n) is 1.08. The van der Waals surface area contributed by atoms with Crippen LogP contribution in [0.5, 0.6) is 0 Å². The Morgan fingerprint density at radius 3 is 2.25 bits per heavy atom. The average Bonchev–Trinajstić information content (AvgIpc) is 1.69. The fraction of sp³-hybridized carbons (Fsp3) is 0. The van der Waals surface area contributed by atoms with Crippen molar-refractivity contribution < 1.29 is 14.7 Å². The number of carboxylic acid groups (broad SMARTS) is 1. The third-order valence-corrected chi connectivity index (χ3v) is 0.594. The van der Waals surface area contributed by atoms with Crippen LogP contribution in [0.1, 0.15) is 0 Å². The Kier molecular flexibility index (Phi) is 2.40. The summed E-state index contributed by atoms with van der Waals surface area (Å²) in [7, 11) is 0. The Morgan fingerprint density at radius 2 is 2.25 bits per heavy atom. The van der Waals surface area contributed by atoms with Crippen LogP contribution in [0.25, 0.3) is 0 Å². The minimum atomic E-state index is -1.24. The second-order valence-corrected chi connectivity index (χ2v) is 1.08. The summed E-state index contributed by atoms with van der Waals surface area (Å²) < 4.78 is 0. The quantitative estimate of drug-likeness (QED) is 0.319. The molecule has 0 saturated heterocycles. The average molecular weight is 113 g/mol. The first-order valence-corrected chi connectivity index (χ1v) is 1.90. The van der Waals surface area contributed by atoms with Gasteiger partial charge >= 0.3 is 5.97 Å². The predicted octanol–water partition coefficient (Wildman–Crippen LogP) is 0.0304. The SMILES string of the molecule is C=C[C+](C=O)C(=O)O. The van der Waals surface area contributed by atoms with Crippen molar-refractivity contribution >= 4 is 12.3 Å². The largest absolute Gasteiger partial charge is 0.462 e. The monoisotopic (exact) mass is 113 g/mol. The molecule has 0 aromatic heterocycles. The number of carbonyl (C=O) groups excluding carboxylic acids is 1. The van der Waals surface area contributed by atoms with E-state index >= 15 is 0 Å². The highest BCUT2D eigenvalue weighted by Gasteiger charge is 2.19. The second kappa shape index (κ2) is 2.85. The highest BCUT2D eigenvalue weighted by atomic mass is 16.4. The van der Waals surface area contributed by atoms with Crippen molar-refractivity contribution in [1.82, 2.24) is 0 Å². The normalized spacial score (nSPS) is 7.50. The van der Waals surface area contributed by atoms with Crippen LogP contribution in [0.2, 0.25) is 0 Å². The molecule has 0 spiro atoms. The molecule has 0 amide bonds. The molecule has 1 N–H and O–H groups in total. The summed E-state index contributed by atoms with van der Waals surface area (Å²) >= 11 is 0. The van der Waals surface area contributed by atoms with Crippen molar-refractivity contribution in [2.45, 2.75) is 0 Å². The summed E-state index contributed by atoms with van der Waals surface area (Å²) in [4.78, 5) is 19.5. The molecule has 0 saturated carbocycles. The van der Waals surface area contributed by atoms with Crippen molar-refractivity contribution in [1.29, 1.82) is 0 Å². The molecule has 0 unspecified atom stereocenters. The van der Waals surface area contributed by atoms with Crippen LogP contribution in [0, 0.1) is 5.92 Å². The predicted molar refractivity (Wildman–Crippen MR) is 27.1 cm³/mol. The Labute approximate surface area is 46.6 Å². The van der Waals surface area contributed by atoms with Crippen LogP contribution in [0.4, 0.5) is 0 Å². The van der Waals surface area contributed by atoms with Gasteiger partial charge in [-0.3, -0.25) is 4.79 Å². The summed E-state index contributed by atoms with van der Waals surface area (Å²) in [5.41, 5.74) is 0. The Balaban J connectivity index is 3.88.